The molecule has 3 heterocycles. The summed E-state index contributed by atoms with van der Waals surface area (Å²) in [4.78, 5) is 14.5. The van der Waals surface area contributed by atoms with Crippen LogP contribution in [-0.4, -0.2) is 51.0 Å². The Labute approximate surface area is 155 Å². The lowest BCUT2D eigenvalue weighted by Crippen LogP contribution is -2.49. The third-order valence-electron chi connectivity index (χ3n) is 4.52. The molecule has 0 spiro atoms. The maximum absolute atomic E-state index is 10.2. The SMILES string of the molecule is N=C(c1cc(N)nc(Cl)c1)c1ncc(N2CCC(O)(CN)CC2)nc1N. The molecule has 1 aliphatic rings. The summed E-state index contributed by atoms with van der Waals surface area (Å²) < 4.78 is 0. The van der Waals surface area contributed by atoms with Crippen molar-refractivity contribution in [3.8, 4) is 0 Å². The number of nitrogens with zero attached hydrogens (tertiary/aromatic N) is 4. The number of nitrogens with one attached hydrogen (secondary N) is 1. The minimum atomic E-state index is -0.821. The maximum atomic E-state index is 10.2. The summed E-state index contributed by atoms with van der Waals surface area (Å²) in [6, 6.07) is 3.05. The summed E-state index contributed by atoms with van der Waals surface area (Å²) in [7, 11) is 0. The van der Waals surface area contributed by atoms with Crippen LogP contribution in [0.1, 0.15) is 24.1 Å². The fraction of sp³-hybridized carbons (Fsp3) is 0.375. The van der Waals surface area contributed by atoms with E-state index in [2.05, 4.69) is 15.0 Å². The van der Waals surface area contributed by atoms with Gasteiger partial charge in [-0.1, -0.05) is 11.6 Å². The Hall–Kier alpha value is -2.49. The highest BCUT2D eigenvalue weighted by atomic mass is 35.5. The number of aliphatic hydroxyl groups is 1. The van der Waals surface area contributed by atoms with Crippen LogP contribution in [0.3, 0.4) is 0 Å². The number of hydrogen-bond acceptors (Lipinski definition) is 9. The molecule has 0 saturated carbocycles. The molecule has 0 radical (unpaired) electrons. The van der Waals surface area contributed by atoms with Gasteiger partial charge in [-0.2, -0.15) is 0 Å². The van der Waals surface area contributed by atoms with Crippen LogP contribution in [0.2, 0.25) is 5.15 Å². The van der Waals surface area contributed by atoms with Gasteiger partial charge in [-0.15, -0.1) is 0 Å². The first-order valence-corrected chi connectivity index (χ1v) is 8.51. The fourth-order valence-electron chi connectivity index (χ4n) is 2.89. The molecule has 26 heavy (non-hydrogen) atoms. The molecule has 2 aromatic rings. The van der Waals surface area contributed by atoms with Gasteiger partial charge in [-0.25, -0.2) is 15.0 Å². The van der Waals surface area contributed by atoms with Crippen molar-refractivity contribution in [1.29, 1.82) is 5.41 Å². The predicted octanol–water partition coefficient (Wildman–Crippen LogP) is 0.396. The second-order valence-corrected chi connectivity index (χ2v) is 6.74. The molecule has 0 aliphatic carbocycles. The Kier molecular flexibility index (Phi) is 4.94. The zero-order chi connectivity index (χ0) is 18.9. The van der Waals surface area contributed by atoms with Gasteiger partial charge in [0.25, 0.3) is 0 Å². The summed E-state index contributed by atoms with van der Waals surface area (Å²) in [6.45, 7) is 1.45. The first-order valence-electron chi connectivity index (χ1n) is 8.13. The van der Waals surface area contributed by atoms with Gasteiger partial charge in [0.2, 0.25) is 0 Å². The Bertz CT molecular complexity index is 815. The zero-order valence-electron chi connectivity index (χ0n) is 14.1. The monoisotopic (exact) mass is 376 g/mol. The van der Waals surface area contributed by atoms with Crippen molar-refractivity contribution in [2.75, 3.05) is 36.0 Å². The van der Waals surface area contributed by atoms with Gasteiger partial charge in [0, 0.05) is 25.2 Å². The number of aromatic nitrogens is 3. The van der Waals surface area contributed by atoms with E-state index in [0.717, 1.165) is 0 Å². The Morgan fingerprint density at radius 3 is 2.54 bits per heavy atom. The summed E-state index contributed by atoms with van der Waals surface area (Å²) in [5, 5.41) is 18.7. The summed E-state index contributed by atoms with van der Waals surface area (Å²) in [5.41, 5.74) is 17.3. The summed E-state index contributed by atoms with van der Waals surface area (Å²) in [6.07, 6.45) is 2.67. The molecular formula is C16H21ClN8O. The topological polar surface area (TPSA) is 164 Å². The van der Waals surface area contributed by atoms with E-state index < -0.39 is 5.60 Å². The van der Waals surface area contributed by atoms with E-state index >= 15 is 0 Å². The van der Waals surface area contributed by atoms with Crippen LogP contribution < -0.4 is 22.1 Å². The molecular weight excluding hydrogens is 356 g/mol. The average molecular weight is 377 g/mol. The van der Waals surface area contributed by atoms with Crippen molar-refractivity contribution in [2.45, 2.75) is 18.4 Å². The van der Waals surface area contributed by atoms with Crippen LogP contribution in [0.4, 0.5) is 17.5 Å². The molecule has 1 aliphatic heterocycles. The highest BCUT2D eigenvalue weighted by Crippen LogP contribution is 2.25. The van der Waals surface area contributed by atoms with E-state index in [1.807, 2.05) is 4.90 Å². The number of nitrogens with two attached hydrogens (primary N) is 3. The highest BCUT2D eigenvalue weighted by molar-refractivity contribution is 6.30. The number of pyridine rings is 1. The maximum Gasteiger partial charge on any atom is 0.154 e. The van der Waals surface area contributed by atoms with Crippen molar-refractivity contribution in [1.82, 2.24) is 15.0 Å². The van der Waals surface area contributed by atoms with Crippen LogP contribution >= 0.6 is 11.6 Å². The van der Waals surface area contributed by atoms with Crippen molar-refractivity contribution in [3.05, 3.63) is 34.7 Å². The van der Waals surface area contributed by atoms with Crippen LogP contribution in [0.15, 0.2) is 18.3 Å². The molecule has 1 saturated heterocycles. The van der Waals surface area contributed by atoms with Gasteiger partial charge < -0.3 is 27.2 Å². The quantitative estimate of drug-likeness (QED) is 0.377. The van der Waals surface area contributed by atoms with Gasteiger partial charge in [-0.3, -0.25) is 5.41 Å². The standard InChI is InChI=1S/C16H21ClN8O/c17-10-5-9(6-11(19)23-10)13(20)14-15(21)24-12(7-22-14)25-3-1-16(26,8-18)2-4-25/h5-7,20,26H,1-4,8,18H2,(H2,19,23)(H2,21,24). The van der Waals surface area contributed by atoms with Crippen molar-refractivity contribution in [3.63, 3.8) is 0 Å². The number of piperidine rings is 1. The first-order chi connectivity index (χ1) is 12.3. The molecule has 0 amide bonds. The number of halogens is 1. The van der Waals surface area contributed by atoms with E-state index in [4.69, 9.17) is 34.2 Å². The molecule has 10 heteroatoms. The third kappa shape index (κ3) is 3.69. The lowest BCUT2D eigenvalue weighted by Gasteiger charge is -2.37. The molecule has 138 valence electrons. The number of anilines is 3. The van der Waals surface area contributed by atoms with E-state index in [1.54, 1.807) is 6.20 Å². The molecule has 0 bridgehead atoms. The molecule has 8 N–H and O–H groups in total. The third-order valence-corrected chi connectivity index (χ3v) is 4.72. The van der Waals surface area contributed by atoms with Crippen LogP contribution in [0.25, 0.3) is 0 Å². The Morgan fingerprint density at radius 1 is 1.27 bits per heavy atom. The van der Waals surface area contributed by atoms with Gasteiger partial charge in [0.15, 0.2) is 5.82 Å². The van der Waals surface area contributed by atoms with Gasteiger partial charge in [0.1, 0.15) is 22.5 Å². The Balaban J connectivity index is 1.81. The molecule has 3 rings (SSSR count). The number of hydrogen-bond donors (Lipinski definition) is 5. The van der Waals surface area contributed by atoms with E-state index in [0.29, 0.717) is 37.3 Å². The molecule has 0 aromatic carbocycles. The molecule has 2 aromatic heterocycles. The lowest BCUT2D eigenvalue weighted by atomic mass is 9.92. The van der Waals surface area contributed by atoms with E-state index in [1.165, 1.54) is 12.1 Å². The second kappa shape index (κ2) is 7.02. The fourth-order valence-corrected chi connectivity index (χ4v) is 3.11. The Morgan fingerprint density at radius 2 is 1.96 bits per heavy atom. The largest absolute Gasteiger partial charge is 0.388 e. The lowest BCUT2D eigenvalue weighted by molar-refractivity contribution is 0.0249. The predicted molar refractivity (Wildman–Crippen MR) is 101 cm³/mol. The molecule has 0 unspecified atom stereocenters. The van der Waals surface area contributed by atoms with E-state index in [-0.39, 0.29) is 34.7 Å². The smallest absolute Gasteiger partial charge is 0.154 e. The van der Waals surface area contributed by atoms with Crippen molar-refractivity contribution in [2.24, 2.45) is 5.73 Å². The minimum Gasteiger partial charge on any atom is -0.388 e. The van der Waals surface area contributed by atoms with Crippen LogP contribution in [0.5, 0.6) is 0 Å². The van der Waals surface area contributed by atoms with E-state index in [9.17, 15) is 5.11 Å². The number of rotatable bonds is 4. The molecule has 9 nitrogen and oxygen atoms in total. The highest BCUT2D eigenvalue weighted by Gasteiger charge is 2.31. The molecule has 0 atom stereocenters. The normalized spacial score (nSPS) is 16.5. The second-order valence-electron chi connectivity index (χ2n) is 6.36. The van der Waals surface area contributed by atoms with Crippen LogP contribution in [-0.2, 0) is 0 Å². The van der Waals surface area contributed by atoms with Gasteiger partial charge >= 0.3 is 0 Å². The molecule has 1 fully saturated rings. The van der Waals surface area contributed by atoms with Crippen molar-refractivity contribution >= 4 is 34.8 Å². The minimum absolute atomic E-state index is 0.0636. The summed E-state index contributed by atoms with van der Waals surface area (Å²) >= 11 is 5.89. The first kappa shape index (κ1) is 18.3. The van der Waals surface area contributed by atoms with Gasteiger partial charge in [0.05, 0.1) is 17.5 Å². The van der Waals surface area contributed by atoms with Crippen molar-refractivity contribution < 1.29 is 5.11 Å². The average Bonchev–Trinajstić information content (AvgIpc) is 2.61. The van der Waals surface area contributed by atoms with Crippen LogP contribution in [0, 0.1) is 5.41 Å². The number of nitrogen functional groups attached to an aromatic ring is 2. The summed E-state index contributed by atoms with van der Waals surface area (Å²) in [5.74, 6) is 0.949. The van der Waals surface area contributed by atoms with Gasteiger partial charge in [-0.05, 0) is 25.0 Å². The zero-order valence-corrected chi connectivity index (χ0v) is 14.9.